The molecule has 2 heterocycles. The fourth-order valence-corrected chi connectivity index (χ4v) is 8.69. The molecule has 6 rings (SSSR count). The molecule has 0 amide bonds. The van der Waals surface area contributed by atoms with Gasteiger partial charge in [0.2, 0.25) is 0 Å². The molecule has 152 valence electrons. The molecule has 31 heavy (non-hydrogen) atoms. The van der Waals surface area contributed by atoms with Crippen molar-refractivity contribution in [1.29, 1.82) is 0 Å². The second kappa shape index (κ2) is 6.33. The van der Waals surface area contributed by atoms with Crippen molar-refractivity contribution in [2.24, 2.45) is 7.05 Å². The maximum absolute atomic E-state index is 6.68. The Hall–Kier alpha value is -2.85. The second-order valence-electron chi connectivity index (χ2n) is 9.79. The molecule has 1 aliphatic rings. The molecule has 0 spiro atoms. The molecule has 0 saturated heterocycles. The summed E-state index contributed by atoms with van der Waals surface area (Å²) in [6, 6.07) is 22.2. The molecular formula is C28H26GeNO+. The van der Waals surface area contributed by atoms with Crippen molar-refractivity contribution in [3.05, 3.63) is 72.4 Å². The number of aryl methyl sites for hydroxylation is 2. The Morgan fingerprint density at radius 3 is 2.35 bits per heavy atom. The summed E-state index contributed by atoms with van der Waals surface area (Å²) in [6.45, 7) is 2.22. The van der Waals surface area contributed by atoms with Crippen molar-refractivity contribution in [3.63, 3.8) is 0 Å². The predicted molar refractivity (Wildman–Crippen MR) is 133 cm³/mol. The first-order valence-electron chi connectivity index (χ1n) is 10.9. The van der Waals surface area contributed by atoms with Crippen LogP contribution in [0.1, 0.15) is 5.56 Å². The standard InChI is InChI=1S/C28H26GeNO/c1-17-19-10-7-6-9-18(19)15-24-26(17)28-27-21(13-14-30(28)5)20-11-8-12-23(29(2,3)4)22(20)16-25(27)31-24/h6-16H,1-5H3/q+1. The van der Waals surface area contributed by atoms with Gasteiger partial charge in [0.25, 0.3) is 0 Å². The van der Waals surface area contributed by atoms with Crippen LogP contribution in [-0.4, -0.2) is 13.3 Å². The molecule has 0 fully saturated rings. The van der Waals surface area contributed by atoms with E-state index in [4.69, 9.17) is 4.74 Å². The van der Waals surface area contributed by atoms with Crippen LogP contribution in [-0.2, 0) is 7.05 Å². The van der Waals surface area contributed by atoms with Crippen molar-refractivity contribution < 1.29 is 9.30 Å². The van der Waals surface area contributed by atoms with Gasteiger partial charge in [-0.05, 0) is 0 Å². The Balaban J connectivity index is 1.81. The van der Waals surface area contributed by atoms with Gasteiger partial charge in [0, 0.05) is 0 Å². The molecule has 0 aliphatic carbocycles. The maximum atomic E-state index is 6.68. The molecule has 0 radical (unpaired) electrons. The van der Waals surface area contributed by atoms with Crippen LogP contribution in [0, 0.1) is 6.92 Å². The van der Waals surface area contributed by atoms with Gasteiger partial charge in [0.15, 0.2) is 0 Å². The quantitative estimate of drug-likeness (QED) is 0.152. The average Bonchev–Trinajstić information content (AvgIpc) is 2.74. The Kier molecular flexibility index (Phi) is 3.86. The molecule has 0 saturated carbocycles. The number of rotatable bonds is 1. The number of benzene rings is 4. The SMILES string of the molecule is Cc1c2c(cc3ccccc13)Oc1cc3[c]([Ge]([CH3])([CH3])[CH3])cccc3c3cc[n+](C)c-2c13. The van der Waals surface area contributed by atoms with Gasteiger partial charge >= 0.3 is 186 Å². The fourth-order valence-electron chi connectivity index (χ4n) is 5.31. The summed E-state index contributed by atoms with van der Waals surface area (Å²) in [5, 5.41) is 7.72. The van der Waals surface area contributed by atoms with Crippen molar-refractivity contribution in [1.82, 2.24) is 0 Å². The molecule has 0 atom stereocenters. The number of ether oxygens (including phenoxy) is 1. The topological polar surface area (TPSA) is 13.1 Å². The van der Waals surface area contributed by atoms with E-state index >= 15 is 0 Å². The Morgan fingerprint density at radius 2 is 1.55 bits per heavy atom. The minimum absolute atomic E-state index is 0.959. The van der Waals surface area contributed by atoms with Crippen molar-refractivity contribution in [2.75, 3.05) is 0 Å². The van der Waals surface area contributed by atoms with E-state index in [1.165, 1.54) is 53.5 Å². The van der Waals surface area contributed by atoms with Gasteiger partial charge in [-0.25, -0.2) is 0 Å². The van der Waals surface area contributed by atoms with Gasteiger partial charge in [-0.3, -0.25) is 0 Å². The van der Waals surface area contributed by atoms with E-state index in [2.05, 4.69) is 103 Å². The molecule has 3 heteroatoms. The molecule has 0 unspecified atom stereocenters. The van der Waals surface area contributed by atoms with Crippen LogP contribution in [0.25, 0.3) is 43.6 Å². The second-order valence-corrected chi connectivity index (χ2v) is 20.4. The first-order valence-corrected chi connectivity index (χ1v) is 18.3. The third-order valence-corrected chi connectivity index (χ3v) is 11.1. The molecule has 4 aromatic carbocycles. The van der Waals surface area contributed by atoms with Crippen molar-refractivity contribution in [2.45, 2.75) is 24.2 Å². The van der Waals surface area contributed by atoms with E-state index in [1.54, 1.807) is 0 Å². The summed E-state index contributed by atoms with van der Waals surface area (Å²) in [5.74, 6) is 9.34. The average molecular weight is 465 g/mol. The van der Waals surface area contributed by atoms with Gasteiger partial charge in [-0.15, -0.1) is 0 Å². The summed E-state index contributed by atoms with van der Waals surface area (Å²) >= 11 is -2.05. The molecule has 0 N–H and O–H groups in total. The van der Waals surface area contributed by atoms with Crippen molar-refractivity contribution in [3.8, 4) is 22.8 Å². The number of hydrogen-bond donors (Lipinski definition) is 0. The molecule has 1 aliphatic heterocycles. The molecule has 2 nitrogen and oxygen atoms in total. The van der Waals surface area contributed by atoms with Gasteiger partial charge in [-0.2, -0.15) is 0 Å². The van der Waals surface area contributed by atoms with E-state index in [0.717, 1.165) is 11.5 Å². The van der Waals surface area contributed by atoms with Crippen molar-refractivity contribution >= 4 is 50.0 Å². The first kappa shape index (κ1) is 18.9. The zero-order valence-electron chi connectivity index (χ0n) is 18.7. The molecule has 1 aromatic heterocycles. The van der Waals surface area contributed by atoms with Crippen LogP contribution in [0.5, 0.6) is 11.5 Å². The van der Waals surface area contributed by atoms with Gasteiger partial charge in [-0.1, -0.05) is 0 Å². The summed E-state index contributed by atoms with van der Waals surface area (Å²) in [6.07, 6.45) is 2.20. The predicted octanol–water partition coefficient (Wildman–Crippen LogP) is 6.60. The minimum atomic E-state index is -2.05. The van der Waals surface area contributed by atoms with E-state index in [0.29, 0.717) is 0 Å². The van der Waals surface area contributed by atoms with Crippen LogP contribution in [0.15, 0.2) is 66.9 Å². The summed E-state index contributed by atoms with van der Waals surface area (Å²) in [7, 11) is 2.15. The number of nitrogens with zero attached hydrogens (tertiary/aromatic N) is 1. The monoisotopic (exact) mass is 466 g/mol. The molecular weight excluding hydrogens is 439 g/mol. The number of hydrogen-bond acceptors (Lipinski definition) is 1. The zero-order chi connectivity index (χ0) is 21.5. The van der Waals surface area contributed by atoms with Crippen LogP contribution in [0.3, 0.4) is 0 Å². The van der Waals surface area contributed by atoms with E-state index in [-0.39, 0.29) is 0 Å². The van der Waals surface area contributed by atoms with E-state index in [9.17, 15) is 0 Å². The van der Waals surface area contributed by atoms with E-state index < -0.39 is 13.3 Å². The van der Waals surface area contributed by atoms with Crippen LogP contribution >= 0.6 is 0 Å². The number of aromatic nitrogens is 1. The normalized spacial score (nSPS) is 12.9. The van der Waals surface area contributed by atoms with Gasteiger partial charge < -0.3 is 0 Å². The number of pyridine rings is 1. The molecule has 0 bridgehead atoms. The fraction of sp³-hybridized carbons (Fsp3) is 0.179. The summed E-state index contributed by atoms with van der Waals surface area (Å²) < 4.78 is 10.5. The van der Waals surface area contributed by atoms with Crippen LogP contribution < -0.4 is 13.7 Å². The summed E-state index contributed by atoms with van der Waals surface area (Å²) in [5.41, 5.74) is 3.74. The Labute approximate surface area is 185 Å². The van der Waals surface area contributed by atoms with Crippen LogP contribution in [0.4, 0.5) is 0 Å². The third-order valence-electron chi connectivity index (χ3n) is 6.78. The van der Waals surface area contributed by atoms with E-state index in [1.807, 2.05) is 0 Å². The summed E-state index contributed by atoms with van der Waals surface area (Å²) in [4.78, 5) is 0. The third kappa shape index (κ3) is 2.61. The number of fused-ring (bicyclic) bond motifs is 5. The van der Waals surface area contributed by atoms with Gasteiger partial charge in [0.05, 0.1) is 0 Å². The van der Waals surface area contributed by atoms with Gasteiger partial charge in [0.1, 0.15) is 0 Å². The van der Waals surface area contributed by atoms with Crippen LogP contribution in [0.2, 0.25) is 17.3 Å². The Bertz CT molecular complexity index is 1560. The molecule has 5 aromatic rings. The Morgan fingerprint density at radius 1 is 0.774 bits per heavy atom. The first-order chi connectivity index (χ1) is 14.8. The zero-order valence-corrected chi connectivity index (χ0v) is 20.8.